The smallest absolute Gasteiger partial charge is 0.168 e. The van der Waals surface area contributed by atoms with Crippen molar-refractivity contribution in [3.05, 3.63) is 65.2 Å². The van der Waals surface area contributed by atoms with Crippen LogP contribution in [0.15, 0.2) is 48.5 Å². The molecule has 0 amide bonds. The summed E-state index contributed by atoms with van der Waals surface area (Å²) in [4.78, 5) is 0. The van der Waals surface area contributed by atoms with E-state index < -0.39 is 6.10 Å². The number of benzene rings is 2. The van der Waals surface area contributed by atoms with Gasteiger partial charge in [-0.25, -0.2) is 0 Å². The average Bonchev–Trinajstić information content (AvgIpc) is 3.11. The monoisotopic (exact) mass is 355 g/mol. The molecule has 0 aliphatic carbocycles. The summed E-state index contributed by atoms with van der Waals surface area (Å²) in [5.74, 6) is 0. The van der Waals surface area contributed by atoms with Crippen LogP contribution in [0.25, 0.3) is 0 Å². The molecule has 0 radical (unpaired) electrons. The predicted molar refractivity (Wildman–Crippen MR) is 107 cm³/mol. The lowest BCUT2D eigenvalue weighted by atomic mass is 9.97. The number of aryl methyl sites for hydroxylation is 1. The van der Waals surface area contributed by atoms with Gasteiger partial charge in [-0.15, -0.1) is 0 Å². The van der Waals surface area contributed by atoms with Crippen molar-refractivity contribution in [3.63, 3.8) is 0 Å². The average molecular weight is 356 g/mol. The molecule has 0 spiro atoms. The highest BCUT2D eigenvalue weighted by Gasteiger charge is 2.31. The predicted octanol–water partition coefficient (Wildman–Crippen LogP) is 3.43. The van der Waals surface area contributed by atoms with Gasteiger partial charge in [0, 0.05) is 23.3 Å². The van der Waals surface area contributed by atoms with Gasteiger partial charge in [0.05, 0.1) is 6.10 Å². The van der Waals surface area contributed by atoms with Gasteiger partial charge < -0.3 is 21.5 Å². The van der Waals surface area contributed by atoms with Gasteiger partial charge in [-0.2, -0.15) is 0 Å². The Bertz CT molecular complexity index is 735. The standard InChI is InChI=1S/C20H25N3OS/c1-2-13-8-9-15(18(12-13)23-20(21)25)19(24)17-11-10-16(22-17)14-6-4-3-5-7-14/h3-9,12,16-17,19,22,24H,2,10-11H2,1H3,(H3,21,23,25). The van der Waals surface area contributed by atoms with Crippen molar-refractivity contribution < 1.29 is 5.11 Å². The van der Waals surface area contributed by atoms with Crippen molar-refractivity contribution in [1.29, 1.82) is 0 Å². The summed E-state index contributed by atoms with van der Waals surface area (Å²) >= 11 is 4.99. The van der Waals surface area contributed by atoms with E-state index in [9.17, 15) is 5.11 Å². The first-order valence-electron chi connectivity index (χ1n) is 8.76. The van der Waals surface area contributed by atoms with Crippen LogP contribution in [-0.2, 0) is 6.42 Å². The third-order valence-corrected chi connectivity index (χ3v) is 4.97. The van der Waals surface area contributed by atoms with Crippen LogP contribution in [0.5, 0.6) is 0 Å². The van der Waals surface area contributed by atoms with Gasteiger partial charge >= 0.3 is 0 Å². The van der Waals surface area contributed by atoms with E-state index in [1.54, 1.807) is 0 Å². The second-order valence-electron chi connectivity index (χ2n) is 6.52. The van der Waals surface area contributed by atoms with Crippen molar-refractivity contribution in [3.8, 4) is 0 Å². The molecule has 1 fully saturated rings. The van der Waals surface area contributed by atoms with Crippen LogP contribution in [0, 0.1) is 0 Å². The first-order valence-corrected chi connectivity index (χ1v) is 9.17. The fourth-order valence-corrected chi connectivity index (χ4v) is 3.62. The number of hydrogen-bond donors (Lipinski definition) is 4. The van der Waals surface area contributed by atoms with E-state index in [0.717, 1.165) is 30.5 Å². The van der Waals surface area contributed by atoms with Gasteiger partial charge in [0.25, 0.3) is 0 Å². The number of hydrogen-bond acceptors (Lipinski definition) is 3. The fraction of sp³-hybridized carbons (Fsp3) is 0.350. The van der Waals surface area contributed by atoms with Crippen molar-refractivity contribution in [2.45, 2.75) is 44.4 Å². The van der Waals surface area contributed by atoms with Gasteiger partial charge in [0.2, 0.25) is 0 Å². The zero-order chi connectivity index (χ0) is 17.8. The summed E-state index contributed by atoms with van der Waals surface area (Å²) in [6, 6.07) is 16.7. The highest BCUT2D eigenvalue weighted by molar-refractivity contribution is 7.80. The SMILES string of the molecule is CCc1ccc(C(O)C2CCC(c3ccccc3)N2)c(NC(N)=S)c1. The van der Waals surface area contributed by atoms with Gasteiger partial charge in [-0.05, 0) is 48.7 Å². The van der Waals surface area contributed by atoms with E-state index in [4.69, 9.17) is 18.0 Å². The molecular formula is C20H25N3OS. The van der Waals surface area contributed by atoms with E-state index in [2.05, 4.69) is 41.8 Å². The lowest BCUT2D eigenvalue weighted by molar-refractivity contribution is 0.136. The molecule has 1 aliphatic rings. The second-order valence-corrected chi connectivity index (χ2v) is 6.96. The lowest BCUT2D eigenvalue weighted by Crippen LogP contribution is -2.31. The Morgan fingerprint density at radius 1 is 1.28 bits per heavy atom. The molecule has 5 heteroatoms. The Morgan fingerprint density at radius 3 is 2.72 bits per heavy atom. The quantitative estimate of drug-likeness (QED) is 0.619. The Labute approximate surface area is 154 Å². The molecule has 0 bridgehead atoms. The van der Waals surface area contributed by atoms with Crippen molar-refractivity contribution in [2.75, 3.05) is 5.32 Å². The molecule has 0 saturated carbocycles. The summed E-state index contributed by atoms with van der Waals surface area (Å²) in [6.07, 6.45) is 2.23. The van der Waals surface area contributed by atoms with E-state index >= 15 is 0 Å². The second kappa shape index (κ2) is 7.95. The zero-order valence-electron chi connectivity index (χ0n) is 14.4. The maximum atomic E-state index is 11.0. The Morgan fingerprint density at radius 2 is 2.04 bits per heavy atom. The van der Waals surface area contributed by atoms with Crippen molar-refractivity contribution in [1.82, 2.24) is 5.32 Å². The molecule has 2 aromatic rings. The summed E-state index contributed by atoms with van der Waals surface area (Å²) < 4.78 is 0. The van der Waals surface area contributed by atoms with Crippen LogP contribution in [-0.4, -0.2) is 16.3 Å². The molecule has 3 unspecified atom stereocenters. The molecule has 4 nitrogen and oxygen atoms in total. The van der Waals surface area contributed by atoms with Crippen LogP contribution in [0.3, 0.4) is 0 Å². The van der Waals surface area contributed by atoms with E-state index in [1.807, 2.05) is 24.3 Å². The number of nitrogens with one attached hydrogen (secondary N) is 2. The van der Waals surface area contributed by atoms with Crippen LogP contribution in [0.4, 0.5) is 5.69 Å². The van der Waals surface area contributed by atoms with E-state index in [1.165, 1.54) is 11.1 Å². The molecule has 1 heterocycles. The van der Waals surface area contributed by atoms with Crippen molar-refractivity contribution in [2.24, 2.45) is 5.73 Å². The summed E-state index contributed by atoms with van der Waals surface area (Å²) in [6.45, 7) is 2.10. The van der Waals surface area contributed by atoms with Gasteiger partial charge in [0.15, 0.2) is 5.11 Å². The minimum absolute atomic E-state index is 0.00424. The van der Waals surface area contributed by atoms with Crippen LogP contribution >= 0.6 is 12.2 Å². The summed E-state index contributed by atoms with van der Waals surface area (Å²) in [5.41, 5.74) is 9.73. The number of aliphatic hydroxyl groups is 1. The molecule has 3 rings (SSSR count). The lowest BCUT2D eigenvalue weighted by Gasteiger charge is -2.23. The molecular weight excluding hydrogens is 330 g/mol. The topological polar surface area (TPSA) is 70.3 Å². The number of anilines is 1. The normalized spacial score (nSPS) is 21.0. The minimum atomic E-state index is -0.614. The zero-order valence-corrected chi connectivity index (χ0v) is 15.2. The van der Waals surface area contributed by atoms with Crippen LogP contribution in [0.1, 0.15) is 48.6 Å². The molecule has 1 aliphatic heterocycles. The Kier molecular flexibility index (Phi) is 5.68. The van der Waals surface area contributed by atoms with Gasteiger partial charge in [-0.1, -0.05) is 49.4 Å². The van der Waals surface area contributed by atoms with Crippen LogP contribution in [0.2, 0.25) is 0 Å². The molecule has 2 aromatic carbocycles. The number of aliphatic hydroxyl groups excluding tert-OH is 1. The van der Waals surface area contributed by atoms with Crippen LogP contribution < -0.4 is 16.4 Å². The number of nitrogens with two attached hydrogens (primary N) is 1. The Balaban J connectivity index is 1.79. The van der Waals surface area contributed by atoms with Gasteiger partial charge in [-0.3, -0.25) is 0 Å². The number of thiocarbonyl (C=S) groups is 1. The fourth-order valence-electron chi connectivity index (χ4n) is 3.51. The highest BCUT2D eigenvalue weighted by Crippen LogP contribution is 2.35. The molecule has 5 N–H and O–H groups in total. The maximum Gasteiger partial charge on any atom is 0.168 e. The third kappa shape index (κ3) is 4.18. The summed E-state index contributed by atoms with van der Waals surface area (Å²) in [5, 5.41) is 17.8. The summed E-state index contributed by atoms with van der Waals surface area (Å²) in [7, 11) is 0. The highest BCUT2D eigenvalue weighted by atomic mass is 32.1. The molecule has 25 heavy (non-hydrogen) atoms. The van der Waals surface area contributed by atoms with E-state index in [-0.39, 0.29) is 17.2 Å². The molecule has 132 valence electrons. The molecule has 3 atom stereocenters. The molecule has 1 saturated heterocycles. The minimum Gasteiger partial charge on any atom is -0.387 e. The largest absolute Gasteiger partial charge is 0.387 e. The first kappa shape index (κ1) is 17.9. The first-order chi connectivity index (χ1) is 12.1. The van der Waals surface area contributed by atoms with Crippen molar-refractivity contribution >= 4 is 23.0 Å². The molecule has 0 aromatic heterocycles. The number of rotatable bonds is 5. The van der Waals surface area contributed by atoms with E-state index in [0.29, 0.717) is 0 Å². The maximum absolute atomic E-state index is 11.0. The third-order valence-electron chi connectivity index (χ3n) is 4.87. The van der Waals surface area contributed by atoms with Gasteiger partial charge in [0.1, 0.15) is 0 Å². The Hall–Kier alpha value is -1.95.